The Kier molecular flexibility index (Phi) is 3.33. The van der Waals surface area contributed by atoms with Crippen LogP contribution < -0.4 is 0 Å². The fourth-order valence-electron chi connectivity index (χ4n) is 0.735. The lowest BCUT2D eigenvalue weighted by Gasteiger charge is -2.04. The van der Waals surface area contributed by atoms with Gasteiger partial charge in [-0.25, -0.2) is 8.78 Å². The van der Waals surface area contributed by atoms with Gasteiger partial charge in [-0.2, -0.15) is 5.26 Å². The van der Waals surface area contributed by atoms with Gasteiger partial charge in [-0.1, -0.05) is 0 Å². The Morgan fingerprint density at radius 1 is 1.46 bits per heavy atom. The number of aromatic nitrogens is 1. The predicted octanol–water partition coefficient (Wildman–Crippen LogP) is 3.42. The smallest absolute Gasteiger partial charge is 0.253 e. The second-order valence-electron chi connectivity index (χ2n) is 2.09. The summed E-state index contributed by atoms with van der Waals surface area (Å²) in [6, 6.07) is 1.79. The Hall–Kier alpha value is -0.540. The molecule has 1 aromatic rings. The highest BCUT2D eigenvalue weighted by Crippen LogP contribution is 2.31. The molecule has 0 aliphatic rings. The van der Waals surface area contributed by atoms with Gasteiger partial charge in [0.25, 0.3) is 6.43 Å². The molecule has 0 unspecified atom stereocenters. The zero-order valence-electron chi connectivity index (χ0n) is 6.06. The summed E-state index contributed by atoms with van der Waals surface area (Å²) in [5.41, 5.74) is -0.287. The Balaban J connectivity index is 3.38. The molecule has 0 atom stereocenters. The van der Waals surface area contributed by atoms with Gasteiger partial charge in [0.15, 0.2) is 0 Å². The van der Waals surface area contributed by atoms with E-state index in [9.17, 15) is 8.78 Å². The van der Waals surface area contributed by atoms with E-state index < -0.39 is 12.1 Å². The molecule has 68 valence electrons. The highest BCUT2D eigenvalue weighted by atomic mass is 79.9. The van der Waals surface area contributed by atoms with Crippen LogP contribution in [-0.2, 0) is 0 Å². The lowest BCUT2D eigenvalue weighted by Crippen LogP contribution is -1.95. The largest absolute Gasteiger partial charge is 0.281 e. The number of hydrogen-bond donors (Lipinski definition) is 0. The Bertz CT molecular complexity index is 373. The van der Waals surface area contributed by atoms with Crippen molar-refractivity contribution in [1.82, 2.24) is 4.98 Å². The van der Waals surface area contributed by atoms with Crippen molar-refractivity contribution in [3.8, 4) is 6.07 Å². The van der Waals surface area contributed by atoms with Crippen LogP contribution in [0, 0.1) is 11.3 Å². The summed E-state index contributed by atoms with van der Waals surface area (Å²) in [6.45, 7) is 0. The molecule has 13 heavy (non-hydrogen) atoms. The number of alkyl halides is 2. The van der Waals surface area contributed by atoms with E-state index in [-0.39, 0.29) is 10.0 Å². The van der Waals surface area contributed by atoms with E-state index >= 15 is 0 Å². The van der Waals surface area contributed by atoms with Crippen molar-refractivity contribution in [2.24, 2.45) is 0 Å². The van der Waals surface area contributed by atoms with E-state index in [0.29, 0.717) is 4.47 Å². The molecule has 1 aromatic heterocycles. The van der Waals surface area contributed by atoms with E-state index in [0.717, 1.165) is 0 Å². The van der Waals surface area contributed by atoms with Crippen LogP contribution in [0.4, 0.5) is 8.78 Å². The first-order valence-corrected chi connectivity index (χ1v) is 4.68. The third kappa shape index (κ3) is 2.03. The number of nitrogens with zero attached hydrogens (tertiary/aromatic N) is 2. The van der Waals surface area contributed by atoms with Gasteiger partial charge in [0.1, 0.15) is 11.8 Å². The van der Waals surface area contributed by atoms with Gasteiger partial charge in [-0.3, -0.25) is 4.98 Å². The molecule has 0 amide bonds. The molecule has 0 aliphatic carbocycles. The summed E-state index contributed by atoms with van der Waals surface area (Å²) in [6.07, 6.45) is -1.50. The van der Waals surface area contributed by atoms with Crippen molar-refractivity contribution in [2.45, 2.75) is 6.43 Å². The lowest BCUT2D eigenvalue weighted by molar-refractivity contribution is 0.145. The van der Waals surface area contributed by atoms with Crippen LogP contribution in [0.5, 0.6) is 0 Å². The van der Waals surface area contributed by atoms with Gasteiger partial charge in [-0.15, -0.1) is 0 Å². The number of nitriles is 1. The molecule has 0 N–H and O–H groups in total. The zero-order valence-corrected chi connectivity index (χ0v) is 9.23. The zero-order chi connectivity index (χ0) is 10.0. The quantitative estimate of drug-likeness (QED) is 0.797. The average molecular weight is 312 g/mol. The fraction of sp³-hybridized carbons (Fsp3) is 0.143. The second-order valence-corrected chi connectivity index (χ2v) is 3.74. The second kappa shape index (κ2) is 4.11. The third-order valence-corrected chi connectivity index (χ3v) is 2.72. The van der Waals surface area contributed by atoms with Crippen molar-refractivity contribution < 1.29 is 8.78 Å². The van der Waals surface area contributed by atoms with Crippen molar-refractivity contribution in [3.63, 3.8) is 0 Å². The minimum atomic E-state index is -2.69. The molecule has 0 aromatic carbocycles. The molecule has 0 bridgehead atoms. The number of hydrogen-bond acceptors (Lipinski definition) is 2. The maximum absolute atomic E-state index is 12.3. The van der Waals surface area contributed by atoms with E-state index in [4.69, 9.17) is 5.26 Å². The van der Waals surface area contributed by atoms with E-state index in [1.165, 1.54) is 6.20 Å². The first-order valence-electron chi connectivity index (χ1n) is 3.10. The molecule has 0 fully saturated rings. The molecule has 1 heterocycles. The number of halogens is 4. The van der Waals surface area contributed by atoms with E-state index in [2.05, 4.69) is 36.8 Å². The van der Waals surface area contributed by atoms with Gasteiger partial charge in [0.2, 0.25) is 0 Å². The van der Waals surface area contributed by atoms with E-state index in [1.807, 2.05) is 0 Å². The Morgan fingerprint density at radius 3 is 2.54 bits per heavy atom. The van der Waals surface area contributed by atoms with Crippen LogP contribution in [0.15, 0.2) is 15.1 Å². The van der Waals surface area contributed by atoms with Gasteiger partial charge in [0.05, 0.1) is 14.5 Å². The highest BCUT2D eigenvalue weighted by molar-refractivity contribution is 9.11. The minimum absolute atomic E-state index is 0.0411. The monoisotopic (exact) mass is 310 g/mol. The Morgan fingerprint density at radius 2 is 2.08 bits per heavy atom. The first kappa shape index (κ1) is 10.5. The van der Waals surface area contributed by atoms with Gasteiger partial charge < -0.3 is 0 Å². The summed E-state index contributed by atoms with van der Waals surface area (Å²) in [4.78, 5) is 3.49. The molecule has 0 saturated carbocycles. The topological polar surface area (TPSA) is 36.7 Å². The Labute approximate surface area is 89.8 Å². The van der Waals surface area contributed by atoms with Gasteiger partial charge in [-0.05, 0) is 31.9 Å². The van der Waals surface area contributed by atoms with Gasteiger partial charge in [0, 0.05) is 6.20 Å². The summed E-state index contributed by atoms with van der Waals surface area (Å²) in [5.74, 6) is 0. The molecular weight excluding hydrogens is 310 g/mol. The van der Waals surface area contributed by atoms with Crippen molar-refractivity contribution in [1.29, 1.82) is 5.26 Å². The molecule has 2 nitrogen and oxygen atoms in total. The summed E-state index contributed by atoms with van der Waals surface area (Å²) in [5, 5.41) is 8.62. The minimum Gasteiger partial charge on any atom is -0.253 e. The van der Waals surface area contributed by atoms with E-state index in [1.54, 1.807) is 6.07 Å². The maximum Gasteiger partial charge on any atom is 0.281 e. The summed E-state index contributed by atoms with van der Waals surface area (Å²) in [7, 11) is 0. The van der Waals surface area contributed by atoms with Gasteiger partial charge >= 0.3 is 0 Å². The molecule has 0 radical (unpaired) electrons. The van der Waals surface area contributed by atoms with Crippen molar-refractivity contribution in [3.05, 3.63) is 26.4 Å². The molecule has 0 aliphatic heterocycles. The van der Waals surface area contributed by atoms with Crippen LogP contribution in [0.2, 0.25) is 0 Å². The number of rotatable bonds is 1. The van der Waals surface area contributed by atoms with Crippen molar-refractivity contribution >= 4 is 31.9 Å². The van der Waals surface area contributed by atoms with Crippen LogP contribution in [-0.4, -0.2) is 4.98 Å². The molecule has 0 spiro atoms. The van der Waals surface area contributed by atoms with Crippen molar-refractivity contribution in [2.75, 3.05) is 0 Å². The normalized spacial score (nSPS) is 10.2. The average Bonchev–Trinajstić information content (AvgIpc) is 2.04. The van der Waals surface area contributed by atoms with Crippen LogP contribution in [0.25, 0.3) is 0 Å². The standard InChI is InChI=1S/C7H2Br2F2N2/c8-4-2-13-6(7(10)11)5(9)3(4)1-12/h2,7H. The highest BCUT2D eigenvalue weighted by Gasteiger charge is 2.17. The summed E-state index contributed by atoms with van der Waals surface area (Å²) >= 11 is 5.93. The fourth-order valence-corrected chi connectivity index (χ4v) is 1.97. The molecule has 0 saturated heterocycles. The maximum atomic E-state index is 12.3. The lowest BCUT2D eigenvalue weighted by atomic mass is 10.2. The number of pyridine rings is 1. The van der Waals surface area contributed by atoms with Crippen LogP contribution in [0.3, 0.4) is 0 Å². The SMILES string of the molecule is N#Cc1c(Br)cnc(C(F)F)c1Br. The molecule has 6 heteroatoms. The van der Waals surface area contributed by atoms with Crippen LogP contribution in [0.1, 0.15) is 17.7 Å². The third-order valence-electron chi connectivity index (χ3n) is 1.32. The first-order chi connectivity index (χ1) is 6.07. The molecule has 1 rings (SSSR count). The van der Waals surface area contributed by atoms with Crippen LogP contribution >= 0.6 is 31.9 Å². The molecular formula is C7H2Br2F2N2. The predicted molar refractivity (Wildman–Crippen MR) is 49.3 cm³/mol. The summed E-state index contributed by atoms with van der Waals surface area (Å²) < 4.78 is 25.0.